The Kier molecular flexibility index (Phi) is 3.68. The first-order chi connectivity index (χ1) is 8.72. The number of phenols is 1. The third-order valence-electron chi connectivity index (χ3n) is 4.51. The first-order valence-corrected chi connectivity index (χ1v) is 7.54. The van der Waals surface area contributed by atoms with Crippen LogP contribution >= 0.6 is 0 Å². The largest absolute Gasteiger partial charge is 0.508 e. The number of aromatic hydroxyl groups is 1. The maximum Gasteiger partial charge on any atom is 0.118 e. The summed E-state index contributed by atoms with van der Waals surface area (Å²) in [6.45, 7) is 11.7. The lowest BCUT2D eigenvalue weighted by Crippen LogP contribution is -2.32. The Labute approximate surface area is 118 Å². The van der Waals surface area contributed by atoms with Gasteiger partial charge in [-0.25, -0.2) is 0 Å². The van der Waals surface area contributed by atoms with E-state index >= 15 is 0 Å². The molecule has 0 bridgehead atoms. The van der Waals surface area contributed by atoms with Crippen LogP contribution in [0.25, 0.3) is 0 Å². The van der Waals surface area contributed by atoms with Crippen LogP contribution in [0.5, 0.6) is 5.75 Å². The second kappa shape index (κ2) is 4.85. The zero-order valence-electron chi connectivity index (χ0n) is 13.1. The van der Waals surface area contributed by atoms with Gasteiger partial charge < -0.3 is 5.11 Å². The van der Waals surface area contributed by atoms with E-state index in [1.54, 1.807) is 0 Å². The van der Waals surface area contributed by atoms with E-state index in [4.69, 9.17) is 0 Å². The number of aryl methyl sites for hydroxylation is 1. The summed E-state index contributed by atoms with van der Waals surface area (Å²) in [4.78, 5) is 0. The van der Waals surface area contributed by atoms with Crippen LogP contribution in [0.1, 0.15) is 70.9 Å². The molecule has 0 amide bonds. The third kappa shape index (κ3) is 3.32. The molecule has 1 N–H and O–H groups in total. The molecule has 1 fully saturated rings. The summed E-state index contributed by atoms with van der Waals surface area (Å²) in [5.74, 6) is 1.07. The fraction of sp³-hybridized carbons (Fsp3) is 0.667. The molecule has 0 aliphatic heterocycles. The third-order valence-corrected chi connectivity index (χ3v) is 4.51. The van der Waals surface area contributed by atoms with Crippen LogP contribution in [-0.2, 0) is 6.42 Å². The topological polar surface area (TPSA) is 20.2 Å². The second-order valence-corrected chi connectivity index (χ2v) is 7.85. The molecule has 0 aromatic heterocycles. The van der Waals surface area contributed by atoms with Crippen LogP contribution in [0.15, 0.2) is 18.2 Å². The van der Waals surface area contributed by atoms with Crippen molar-refractivity contribution >= 4 is 0 Å². The Hall–Kier alpha value is -0.980. The van der Waals surface area contributed by atoms with Crippen molar-refractivity contribution in [3.8, 4) is 5.75 Å². The van der Waals surface area contributed by atoms with Crippen molar-refractivity contribution in [3.05, 3.63) is 29.3 Å². The summed E-state index contributed by atoms with van der Waals surface area (Å²) < 4.78 is 0. The van der Waals surface area contributed by atoms with Crippen molar-refractivity contribution in [3.63, 3.8) is 0 Å². The fourth-order valence-electron chi connectivity index (χ4n) is 4.22. The van der Waals surface area contributed by atoms with Crippen molar-refractivity contribution in [1.29, 1.82) is 0 Å². The number of phenolic OH excluding ortho intramolecular Hbond substituents is 1. The second-order valence-electron chi connectivity index (χ2n) is 7.85. The highest BCUT2D eigenvalue weighted by atomic mass is 16.3. The highest BCUT2D eigenvalue weighted by molar-refractivity contribution is 5.38. The maximum absolute atomic E-state index is 9.84. The quantitative estimate of drug-likeness (QED) is 0.767. The summed E-state index contributed by atoms with van der Waals surface area (Å²) in [6, 6.07) is 6.22. The molecular weight excluding hydrogens is 232 g/mol. The summed E-state index contributed by atoms with van der Waals surface area (Å²) in [7, 11) is 0. The van der Waals surface area contributed by atoms with Crippen LogP contribution < -0.4 is 0 Å². The average molecular weight is 260 g/mol. The molecule has 0 heterocycles. The van der Waals surface area contributed by atoms with Gasteiger partial charge in [-0.1, -0.05) is 46.8 Å². The molecule has 1 heteroatoms. The van der Waals surface area contributed by atoms with Crippen molar-refractivity contribution in [2.45, 2.75) is 66.2 Å². The van der Waals surface area contributed by atoms with E-state index in [0.717, 1.165) is 12.0 Å². The van der Waals surface area contributed by atoms with E-state index in [1.165, 1.54) is 24.8 Å². The first kappa shape index (κ1) is 14.4. The Morgan fingerprint density at radius 2 is 1.68 bits per heavy atom. The van der Waals surface area contributed by atoms with Crippen molar-refractivity contribution in [1.82, 2.24) is 0 Å². The summed E-state index contributed by atoms with van der Waals surface area (Å²) in [5, 5.41) is 9.84. The first-order valence-electron chi connectivity index (χ1n) is 7.54. The molecule has 0 radical (unpaired) electrons. The molecule has 0 atom stereocenters. The van der Waals surface area contributed by atoms with Gasteiger partial charge >= 0.3 is 0 Å². The van der Waals surface area contributed by atoms with Gasteiger partial charge in [-0.2, -0.15) is 0 Å². The Balaban J connectivity index is 2.30. The maximum atomic E-state index is 9.84. The number of benzene rings is 1. The van der Waals surface area contributed by atoms with Gasteiger partial charge in [0, 0.05) is 0 Å². The summed E-state index contributed by atoms with van der Waals surface area (Å²) in [5.41, 5.74) is 3.32. The molecule has 0 spiro atoms. The monoisotopic (exact) mass is 260 g/mol. The molecule has 2 rings (SSSR count). The van der Waals surface area contributed by atoms with Gasteiger partial charge in [-0.15, -0.1) is 0 Å². The Bertz CT molecular complexity index is 441. The average Bonchev–Trinajstić information content (AvgIpc) is 2.25. The number of rotatable bonds is 2. The van der Waals surface area contributed by atoms with Crippen molar-refractivity contribution in [2.75, 3.05) is 0 Å². The molecule has 19 heavy (non-hydrogen) atoms. The predicted molar refractivity (Wildman–Crippen MR) is 81.6 cm³/mol. The molecule has 1 saturated carbocycles. The van der Waals surface area contributed by atoms with Crippen LogP contribution in [0.2, 0.25) is 0 Å². The Morgan fingerprint density at radius 1 is 1.11 bits per heavy atom. The molecular formula is C18H28O. The van der Waals surface area contributed by atoms with E-state index < -0.39 is 0 Å². The van der Waals surface area contributed by atoms with E-state index in [9.17, 15) is 5.11 Å². The number of hydrogen-bond donors (Lipinski definition) is 1. The number of hydrogen-bond acceptors (Lipinski definition) is 1. The molecule has 0 unspecified atom stereocenters. The van der Waals surface area contributed by atoms with Gasteiger partial charge in [0.1, 0.15) is 5.75 Å². The lowest BCUT2D eigenvalue weighted by molar-refractivity contribution is 0.0969. The molecule has 1 nitrogen and oxygen atoms in total. The normalized spacial score (nSPS) is 22.4. The zero-order valence-corrected chi connectivity index (χ0v) is 13.1. The molecule has 106 valence electrons. The summed E-state index contributed by atoms with van der Waals surface area (Å²) in [6.07, 6.45) is 4.71. The zero-order chi connectivity index (χ0) is 14.3. The minimum atomic E-state index is 0.413. The van der Waals surface area contributed by atoms with Crippen LogP contribution in [0.4, 0.5) is 0 Å². The smallest absolute Gasteiger partial charge is 0.118 e. The van der Waals surface area contributed by atoms with E-state index in [-0.39, 0.29) is 0 Å². The van der Waals surface area contributed by atoms with Gasteiger partial charge in [-0.3, -0.25) is 0 Å². The molecule has 1 aliphatic carbocycles. The molecule has 1 aliphatic rings. The highest BCUT2D eigenvalue weighted by Crippen LogP contribution is 2.51. The molecule has 0 saturated heterocycles. The van der Waals surface area contributed by atoms with E-state index in [0.29, 0.717) is 22.5 Å². The Morgan fingerprint density at radius 3 is 2.21 bits per heavy atom. The van der Waals surface area contributed by atoms with E-state index in [1.807, 2.05) is 6.07 Å². The van der Waals surface area contributed by atoms with Gasteiger partial charge in [0.25, 0.3) is 0 Å². The van der Waals surface area contributed by atoms with Gasteiger partial charge in [0.15, 0.2) is 0 Å². The lowest BCUT2D eigenvalue weighted by atomic mass is 9.60. The van der Waals surface area contributed by atoms with Gasteiger partial charge in [0.2, 0.25) is 0 Å². The van der Waals surface area contributed by atoms with Crippen molar-refractivity contribution < 1.29 is 5.11 Å². The minimum absolute atomic E-state index is 0.413. The van der Waals surface area contributed by atoms with Crippen LogP contribution in [0, 0.1) is 10.8 Å². The SMILES string of the molecule is CCc1cc(C2CC(C)(C)CC(C)(C)C2)ccc1O. The lowest BCUT2D eigenvalue weighted by Gasteiger charge is -2.45. The highest BCUT2D eigenvalue weighted by Gasteiger charge is 2.38. The molecule has 1 aromatic carbocycles. The van der Waals surface area contributed by atoms with Crippen LogP contribution in [-0.4, -0.2) is 5.11 Å². The van der Waals surface area contributed by atoms with Gasteiger partial charge in [-0.05, 0) is 59.6 Å². The fourth-order valence-corrected chi connectivity index (χ4v) is 4.22. The minimum Gasteiger partial charge on any atom is -0.508 e. The standard InChI is InChI=1S/C18H28O/c1-6-13-9-14(7-8-16(13)19)15-10-17(2,3)12-18(4,5)11-15/h7-9,15,19H,6,10-12H2,1-5H3. The predicted octanol–water partition coefficient (Wildman–Crippen LogP) is 5.27. The van der Waals surface area contributed by atoms with Gasteiger partial charge in [0.05, 0.1) is 0 Å². The van der Waals surface area contributed by atoms with E-state index in [2.05, 4.69) is 46.8 Å². The van der Waals surface area contributed by atoms with Crippen molar-refractivity contribution in [2.24, 2.45) is 10.8 Å². The molecule has 1 aromatic rings. The van der Waals surface area contributed by atoms with Crippen LogP contribution in [0.3, 0.4) is 0 Å². The summed E-state index contributed by atoms with van der Waals surface area (Å²) >= 11 is 0.